The second kappa shape index (κ2) is 9.30. The van der Waals surface area contributed by atoms with Gasteiger partial charge in [-0.3, -0.25) is 4.79 Å². The molecule has 0 aliphatic heterocycles. The fourth-order valence-corrected chi connectivity index (χ4v) is 2.52. The van der Waals surface area contributed by atoms with Crippen LogP contribution in [0.1, 0.15) is 13.8 Å². The number of benzene rings is 1. The molecule has 0 aliphatic carbocycles. The summed E-state index contributed by atoms with van der Waals surface area (Å²) in [5, 5.41) is 0. The number of hydrogen-bond acceptors (Lipinski definition) is 2. The van der Waals surface area contributed by atoms with Crippen molar-refractivity contribution in [1.29, 1.82) is 0 Å². The number of halogens is 1. The van der Waals surface area contributed by atoms with Crippen LogP contribution in [0.4, 0.5) is 0 Å². The molecule has 2 rings (SSSR count). The summed E-state index contributed by atoms with van der Waals surface area (Å²) in [5.41, 5.74) is 1.64. The Kier molecular flexibility index (Phi) is 8.10. The summed E-state index contributed by atoms with van der Waals surface area (Å²) in [6.45, 7) is 4.67. The van der Waals surface area contributed by atoms with Crippen LogP contribution in [-0.2, 0) is 39.3 Å². The smallest absolute Gasteiger partial charge is 0.194 e. The van der Waals surface area contributed by atoms with E-state index in [4.69, 9.17) is 4.74 Å². The van der Waals surface area contributed by atoms with Gasteiger partial charge < -0.3 is 9.30 Å². The van der Waals surface area contributed by atoms with Crippen LogP contribution < -0.4 is 10.3 Å². The third-order valence-electron chi connectivity index (χ3n) is 2.98. The van der Waals surface area contributed by atoms with Crippen LogP contribution in [0.3, 0.4) is 0 Å². The first-order valence-electron chi connectivity index (χ1n) is 6.61. The van der Waals surface area contributed by atoms with E-state index < -0.39 is 0 Å². The Hall–Kier alpha value is -0.886. The summed E-state index contributed by atoms with van der Waals surface area (Å²) >= 11 is 3.53. The average Bonchev–Trinajstić information content (AvgIpc) is 2.47. The van der Waals surface area contributed by atoms with Gasteiger partial charge >= 0.3 is 0 Å². The van der Waals surface area contributed by atoms with Crippen molar-refractivity contribution in [1.82, 2.24) is 4.57 Å². The van der Waals surface area contributed by atoms with Gasteiger partial charge in [0.05, 0.1) is 0 Å². The van der Waals surface area contributed by atoms with E-state index in [0.29, 0.717) is 13.2 Å². The molecule has 0 spiro atoms. The van der Waals surface area contributed by atoms with Gasteiger partial charge in [0.25, 0.3) is 0 Å². The second-order valence-electron chi connectivity index (χ2n) is 4.27. The standard InChI is InChI=1S/C17H15BrNO2.Y/c1-3-5-11-21-13-9-10-14(15(18)12-13)16-7-6-8-17(20)19(16)4-2;/h6,8-10,12H,4,11H2,1-2H3;/q-1;. The normalized spacial score (nSPS) is 9.41. The maximum atomic E-state index is 11.9. The van der Waals surface area contributed by atoms with Crippen LogP contribution in [0, 0.1) is 17.9 Å². The quantitative estimate of drug-likeness (QED) is 0.545. The molecule has 1 radical (unpaired) electrons. The molecule has 22 heavy (non-hydrogen) atoms. The van der Waals surface area contributed by atoms with Crippen molar-refractivity contribution in [2.45, 2.75) is 20.4 Å². The van der Waals surface area contributed by atoms with Gasteiger partial charge in [-0.15, -0.1) is 12.0 Å². The van der Waals surface area contributed by atoms with Crippen molar-refractivity contribution in [3.05, 3.63) is 51.2 Å². The van der Waals surface area contributed by atoms with Gasteiger partial charge in [0.2, 0.25) is 0 Å². The fraction of sp³-hybridized carbons (Fsp3) is 0.235. The van der Waals surface area contributed by atoms with Crippen LogP contribution >= 0.6 is 15.9 Å². The van der Waals surface area contributed by atoms with Gasteiger partial charge in [0, 0.05) is 39.3 Å². The van der Waals surface area contributed by atoms with Crippen molar-refractivity contribution in [3.8, 4) is 28.8 Å². The molecule has 1 aromatic carbocycles. The molecule has 0 atom stereocenters. The van der Waals surface area contributed by atoms with Crippen molar-refractivity contribution in [2.24, 2.45) is 0 Å². The Morgan fingerprint density at radius 1 is 1.36 bits per heavy atom. The molecule has 0 fully saturated rings. The first kappa shape index (κ1) is 19.2. The molecule has 0 saturated heterocycles. The number of aromatic nitrogens is 1. The predicted molar refractivity (Wildman–Crippen MR) is 87.3 cm³/mol. The van der Waals surface area contributed by atoms with Crippen LogP contribution in [0.15, 0.2) is 39.6 Å². The molecule has 111 valence electrons. The minimum Gasteiger partial charge on any atom is -0.481 e. The van der Waals surface area contributed by atoms with Crippen LogP contribution in [0.25, 0.3) is 11.3 Å². The molecule has 5 heteroatoms. The van der Waals surface area contributed by atoms with E-state index in [2.05, 4.69) is 33.8 Å². The number of pyridine rings is 1. The van der Waals surface area contributed by atoms with Gasteiger partial charge in [-0.05, 0) is 30.5 Å². The molecule has 0 saturated carbocycles. The molecule has 1 aromatic heterocycles. The van der Waals surface area contributed by atoms with Crippen molar-refractivity contribution >= 4 is 15.9 Å². The Morgan fingerprint density at radius 3 is 2.77 bits per heavy atom. The maximum Gasteiger partial charge on any atom is 0.194 e. The second-order valence-corrected chi connectivity index (χ2v) is 5.12. The SMILES string of the molecule is CC#CCOc1ccc(-c2[c-]ccc(=O)n2CC)c(Br)c1.[Y]. The maximum absolute atomic E-state index is 11.9. The van der Waals surface area contributed by atoms with E-state index in [1.165, 1.54) is 6.07 Å². The Labute approximate surface area is 164 Å². The number of hydrogen-bond donors (Lipinski definition) is 0. The van der Waals surface area contributed by atoms with Gasteiger partial charge in [0.1, 0.15) is 12.4 Å². The number of ether oxygens (including phenoxy) is 1. The zero-order chi connectivity index (χ0) is 15.2. The van der Waals surface area contributed by atoms with Gasteiger partial charge in [-0.1, -0.05) is 39.2 Å². The molecule has 0 aliphatic rings. The zero-order valence-corrected chi connectivity index (χ0v) is 16.9. The van der Waals surface area contributed by atoms with Crippen molar-refractivity contribution < 1.29 is 37.4 Å². The largest absolute Gasteiger partial charge is 0.481 e. The molecule has 0 bridgehead atoms. The van der Waals surface area contributed by atoms with E-state index in [1.54, 1.807) is 17.6 Å². The Balaban J connectivity index is 0.00000242. The first-order chi connectivity index (χ1) is 10.2. The Morgan fingerprint density at radius 2 is 2.14 bits per heavy atom. The molecule has 1 heterocycles. The third-order valence-corrected chi connectivity index (χ3v) is 3.64. The summed E-state index contributed by atoms with van der Waals surface area (Å²) in [6, 6.07) is 11.9. The van der Waals surface area contributed by atoms with Gasteiger partial charge in [-0.2, -0.15) is 12.1 Å². The van der Waals surface area contributed by atoms with E-state index in [-0.39, 0.29) is 38.3 Å². The van der Waals surface area contributed by atoms with E-state index in [1.807, 2.05) is 25.1 Å². The first-order valence-corrected chi connectivity index (χ1v) is 7.40. The van der Waals surface area contributed by atoms with Crippen LogP contribution in [0.5, 0.6) is 5.75 Å². The minimum atomic E-state index is -0.0308. The van der Waals surface area contributed by atoms with E-state index in [9.17, 15) is 4.79 Å². The van der Waals surface area contributed by atoms with Gasteiger partial charge in [0.15, 0.2) is 5.56 Å². The Bertz CT molecular complexity index is 759. The summed E-state index contributed by atoms with van der Waals surface area (Å²) < 4.78 is 8.05. The summed E-state index contributed by atoms with van der Waals surface area (Å²) in [7, 11) is 0. The zero-order valence-electron chi connectivity index (χ0n) is 12.5. The molecular weight excluding hydrogens is 419 g/mol. The van der Waals surface area contributed by atoms with Gasteiger partial charge in [-0.25, -0.2) is 0 Å². The predicted octanol–water partition coefficient (Wildman–Crippen LogP) is 3.50. The average molecular weight is 434 g/mol. The monoisotopic (exact) mass is 433 g/mol. The third kappa shape index (κ3) is 4.55. The molecule has 0 N–H and O–H groups in total. The fourth-order valence-electron chi connectivity index (χ4n) is 1.98. The molecule has 3 nitrogen and oxygen atoms in total. The van der Waals surface area contributed by atoms with E-state index >= 15 is 0 Å². The van der Waals surface area contributed by atoms with Crippen LogP contribution in [-0.4, -0.2) is 11.2 Å². The molecule has 0 amide bonds. The van der Waals surface area contributed by atoms with Crippen molar-refractivity contribution in [2.75, 3.05) is 6.61 Å². The van der Waals surface area contributed by atoms with Crippen molar-refractivity contribution in [3.63, 3.8) is 0 Å². The topological polar surface area (TPSA) is 31.2 Å². The van der Waals surface area contributed by atoms with Crippen LogP contribution in [0.2, 0.25) is 0 Å². The molecular formula is C17H15BrNO2Y-. The molecule has 0 unspecified atom stereocenters. The van der Waals surface area contributed by atoms with E-state index in [0.717, 1.165) is 21.5 Å². The summed E-state index contributed by atoms with van der Waals surface area (Å²) in [6.07, 6.45) is 0. The minimum absolute atomic E-state index is 0. The number of rotatable bonds is 4. The summed E-state index contributed by atoms with van der Waals surface area (Å²) in [4.78, 5) is 11.9. The summed E-state index contributed by atoms with van der Waals surface area (Å²) in [5.74, 6) is 6.36. The molecule has 2 aromatic rings. The number of nitrogens with zero attached hydrogens (tertiary/aromatic N) is 1.